The van der Waals surface area contributed by atoms with E-state index in [-0.39, 0.29) is 22.0 Å². The van der Waals surface area contributed by atoms with E-state index in [2.05, 4.69) is 15.9 Å². The molecule has 1 aromatic rings. The number of hydrogen-bond acceptors (Lipinski definition) is 4. The van der Waals surface area contributed by atoms with Crippen molar-refractivity contribution in [3.05, 3.63) is 28.0 Å². The van der Waals surface area contributed by atoms with Gasteiger partial charge in [0, 0.05) is 12.1 Å². The molecule has 0 unspecified atom stereocenters. The first-order valence-electron chi connectivity index (χ1n) is 6.60. The number of rotatable bonds is 7. The molecule has 0 spiro atoms. The number of nitrogens with two attached hydrogens (primary N) is 1. The summed E-state index contributed by atoms with van der Waals surface area (Å²) in [7, 11) is 0. The molecule has 0 saturated carbocycles. The van der Waals surface area contributed by atoms with Crippen LogP contribution in [0, 0.1) is 5.82 Å². The Balaban J connectivity index is 3.11. The van der Waals surface area contributed by atoms with Gasteiger partial charge in [0.2, 0.25) is 0 Å². The summed E-state index contributed by atoms with van der Waals surface area (Å²) < 4.78 is 19.6. The van der Waals surface area contributed by atoms with E-state index in [1.165, 1.54) is 0 Å². The first-order chi connectivity index (χ1) is 9.92. The monoisotopic (exact) mass is 376 g/mol. The minimum absolute atomic E-state index is 0.00252. The summed E-state index contributed by atoms with van der Waals surface area (Å²) in [5, 5.41) is 0. The van der Waals surface area contributed by atoms with Crippen LogP contribution in [0.1, 0.15) is 25.8 Å². The average Bonchev–Trinajstić information content (AvgIpc) is 2.41. The third-order valence-corrected chi connectivity index (χ3v) is 3.78. The highest BCUT2D eigenvalue weighted by molar-refractivity contribution is 9.10. The first-order valence-corrected chi connectivity index (χ1v) is 7.80. The van der Waals surface area contributed by atoms with Crippen molar-refractivity contribution in [1.82, 2.24) is 0 Å². The number of anilines is 1. The maximum atomic E-state index is 14.5. The van der Waals surface area contributed by atoms with Crippen molar-refractivity contribution < 1.29 is 13.9 Å². The van der Waals surface area contributed by atoms with Gasteiger partial charge in [0.25, 0.3) is 0 Å². The second-order valence-corrected chi connectivity index (χ2v) is 5.58. The average molecular weight is 377 g/mol. The molecule has 21 heavy (non-hydrogen) atoms. The van der Waals surface area contributed by atoms with Crippen molar-refractivity contribution in [1.29, 1.82) is 0 Å². The van der Waals surface area contributed by atoms with Crippen LogP contribution >= 0.6 is 28.1 Å². The largest absolute Gasteiger partial charge is 0.465 e. The van der Waals surface area contributed by atoms with E-state index >= 15 is 0 Å². The molecule has 7 heteroatoms. The summed E-state index contributed by atoms with van der Waals surface area (Å²) in [6, 6.07) is 3.21. The highest BCUT2D eigenvalue weighted by atomic mass is 79.9. The lowest BCUT2D eigenvalue weighted by atomic mass is 10.1. The Morgan fingerprint density at radius 1 is 1.48 bits per heavy atom. The van der Waals surface area contributed by atoms with Crippen molar-refractivity contribution in [3.63, 3.8) is 0 Å². The van der Waals surface area contributed by atoms with Gasteiger partial charge in [0.1, 0.15) is 11.5 Å². The van der Waals surface area contributed by atoms with E-state index in [0.717, 1.165) is 6.42 Å². The van der Waals surface area contributed by atoms with Crippen LogP contribution in [0.3, 0.4) is 0 Å². The molecule has 0 bridgehead atoms. The number of hydrogen-bond donors (Lipinski definition) is 1. The Kier molecular flexibility index (Phi) is 7.04. The Labute approximate surface area is 137 Å². The van der Waals surface area contributed by atoms with Crippen molar-refractivity contribution in [2.45, 2.75) is 20.3 Å². The molecule has 0 saturated heterocycles. The fourth-order valence-electron chi connectivity index (χ4n) is 1.89. The maximum absolute atomic E-state index is 14.5. The summed E-state index contributed by atoms with van der Waals surface area (Å²) in [6.07, 6.45) is 0.771. The van der Waals surface area contributed by atoms with E-state index in [1.54, 1.807) is 24.0 Å². The van der Waals surface area contributed by atoms with Crippen LogP contribution in [0.5, 0.6) is 0 Å². The van der Waals surface area contributed by atoms with Crippen molar-refractivity contribution >= 4 is 44.8 Å². The van der Waals surface area contributed by atoms with E-state index in [4.69, 9.17) is 22.7 Å². The fraction of sp³-hybridized carbons (Fsp3) is 0.429. The van der Waals surface area contributed by atoms with Crippen LogP contribution in [-0.4, -0.2) is 30.7 Å². The second kappa shape index (κ2) is 8.29. The molecule has 0 atom stereocenters. The van der Waals surface area contributed by atoms with Gasteiger partial charge >= 0.3 is 5.97 Å². The lowest BCUT2D eigenvalue weighted by molar-refractivity contribution is -0.141. The van der Waals surface area contributed by atoms with Gasteiger partial charge in [-0.15, -0.1) is 0 Å². The normalized spacial score (nSPS) is 10.3. The summed E-state index contributed by atoms with van der Waals surface area (Å²) in [5.41, 5.74) is 6.28. The minimum atomic E-state index is -0.488. The molecule has 0 fully saturated rings. The van der Waals surface area contributed by atoms with Gasteiger partial charge < -0.3 is 15.4 Å². The quantitative estimate of drug-likeness (QED) is 0.585. The lowest BCUT2D eigenvalue weighted by Crippen LogP contribution is -2.32. The van der Waals surface area contributed by atoms with Crippen LogP contribution in [0.4, 0.5) is 10.1 Å². The van der Waals surface area contributed by atoms with Crippen LogP contribution in [0.2, 0.25) is 0 Å². The third-order valence-electron chi connectivity index (χ3n) is 2.79. The Hall–Kier alpha value is -1.21. The number of carbonyl (C=O) groups excluding carboxylic acids is 1. The summed E-state index contributed by atoms with van der Waals surface area (Å²) in [4.78, 5) is 13.4. The Morgan fingerprint density at radius 2 is 2.14 bits per heavy atom. The molecule has 0 amide bonds. The number of esters is 1. The van der Waals surface area contributed by atoms with Gasteiger partial charge in [-0.1, -0.05) is 19.1 Å². The highest BCUT2D eigenvalue weighted by Crippen LogP contribution is 2.29. The smallest absolute Gasteiger partial charge is 0.325 e. The predicted molar refractivity (Wildman–Crippen MR) is 89.1 cm³/mol. The van der Waals surface area contributed by atoms with Gasteiger partial charge in [0.05, 0.1) is 16.8 Å². The lowest BCUT2D eigenvalue weighted by Gasteiger charge is -2.24. The van der Waals surface area contributed by atoms with Gasteiger partial charge in [-0.2, -0.15) is 0 Å². The molecule has 1 rings (SSSR count). The molecule has 2 N–H and O–H groups in total. The zero-order valence-electron chi connectivity index (χ0n) is 12.0. The number of ether oxygens (including phenoxy) is 1. The van der Waals surface area contributed by atoms with Crippen LogP contribution in [0.15, 0.2) is 16.6 Å². The van der Waals surface area contributed by atoms with Gasteiger partial charge in [0.15, 0.2) is 5.82 Å². The zero-order valence-corrected chi connectivity index (χ0v) is 14.4. The minimum Gasteiger partial charge on any atom is -0.465 e. The number of thiocarbonyl (C=S) groups is 1. The SMILES string of the molecule is CCCN(CC(=O)OCC)c1ccc(C(N)=S)c(Br)c1F. The number of halogens is 2. The molecule has 0 radical (unpaired) electrons. The second-order valence-electron chi connectivity index (χ2n) is 4.35. The van der Waals surface area contributed by atoms with Crippen LogP contribution in [0.25, 0.3) is 0 Å². The van der Waals surface area contributed by atoms with E-state index in [9.17, 15) is 9.18 Å². The van der Waals surface area contributed by atoms with Gasteiger partial charge in [-0.25, -0.2) is 4.39 Å². The summed E-state index contributed by atoms with van der Waals surface area (Å²) in [6.45, 7) is 4.52. The number of carbonyl (C=O) groups is 1. The Morgan fingerprint density at radius 3 is 2.67 bits per heavy atom. The molecule has 0 aliphatic carbocycles. The Bertz CT molecular complexity index is 540. The summed E-state index contributed by atoms with van der Waals surface area (Å²) >= 11 is 8.03. The molecule has 0 heterocycles. The standard InChI is InChI=1S/C14H18BrFN2O2S/c1-3-7-18(8-11(19)20-4-2)10-6-5-9(14(17)21)12(15)13(10)16/h5-6H,3-4,7-8H2,1-2H3,(H2,17,21). The highest BCUT2D eigenvalue weighted by Gasteiger charge is 2.19. The fourth-order valence-corrected chi connectivity index (χ4v) is 2.74. The molecule has 116 valence electrons. The number of nitrogens with zero attached hydrogens (tertiary/aromatic N) is 1. The van der Waals surface area contributed by atoms with Crippen molar-refractivity contribution in [3.8, 4) is 0 Å². The molecule has 1 aromatic carbocycles. The van der Waals surface area contributed by atoms with Gasteiger partial charge in [-0.05, 0) is 41.4 Å². The zero-order chi connectivity index (χ0) is 16.0. The van der Waals surface area contributed by atoms with Crippen molar-refractivity contribution in [2.24, 2.45) is 5.73 Å². The molecule has 0 aliphatic rings. The van der Waals surface area contributed by atoms with E-state index in [0.29, 0.717) is 24.4 Å². The van der Waals surface area contributed by atoms with Gasteiger partial charge in [-0.3, -0.25) is 4.79 Å². The van der Waals surface area contributed by atoms with Crippen LogP contribution < -0.4 is 10.6 Å². The topological polar surface area (TPSA) is 55.6 Å². The summed E-state index contributed by atoms with van der Waals surface area (Å²) in [5.74, 6) is -0.877. The molecular weight excluding hydrogens is 359 g/mol. The van der Waals surface area contributed by atoms with Crippen LogP contribution in [-0.2, 0) is 9.53 Å². The first kappa shape index (κ1) is 17.8. The molecule has 0 aliphatic heterocycles. The molecular formula is C14H18BrFN2O2S. The molecule has 0 aromatic heterocycles. The third kappa shape index (κ3) is 4.64. The predicted octanol–water partition coefficient (Wildman–Crippen LogP) is 3.00. The number of benzene rings is 1. The van der Waals surface area contributed by atoms with E-state index < -0.39 is 5.82 Å². The molecule has 4 nitrogen and oxygen atoms in total. The maximum Gasteiger partial charge on any atom is 0.325 e. The van der Waals surface area contributed by atoms with E-state index in [1.807, 2.05) is 6.92 Å². The van der Waals surface area contributed by atoms with Crippen molar-refractivity contribution in [2.75, 3.05) is 24.6 Å².